The highest BCUT2D eigenvalue weighted by Gasteiger charge is 2.44. The van der Waals surface area contributed by atoms with Crippen LogP contribution in [0.3, 0.4) is 0 Å². The Labute approximate surface area is 37.9 Å². The summed E-state index contributed by atoms with van der Waals surface area (Å²) in [6.07, 6.45) is 3.74. The van der Waals surface area contributed by atoms with Crippen LogP contribution in [0.5, 0.6) is 0 Å². The maximum atomic E-state index is 2.36. The molecule has 2 rings (SSSR count). The molecule has 0 amide bonds. The second kappa shape index (κ2) is 0.575. The van der Waals surface area contributed by atoms with Crippen LogP contribution in [-0.4, -0.2) is 0 Å². The number of hydrogen-bond acceptors (Lipinski definition) is 0. The molecular formula is C6H8. The predicted octanol–water partition coefficient (Wildman–Crippen LogP) is 1.58. The third kappa shape index (κ3) is 0.129. The molecule has 1 saturated carbocycles. The van der Waals surface area contributed by atoms with E-state index in [1.54, 1.807) is 5.57 Å². The van der Waals surface area contributed by atoms with Crippen molar-refractivity contribution in [1.29, 1.82) is 0 Å². The van der Waals surface area contributed by atoms with E-state index in [0.29, 0.717) is 0 Å². The fourth-order valence-corrected chi connectivity index (χ4v) is 1.27. The molecule has 0 heterocycles. The Balaban J connectivity index is 2.37. The van der Waals surface area contributed by atoms with Gasteiger partial charge in [-0.25, -0.2) is 0 Å². The zero-order chi connectivity index (χ0) is 4.15. The highest BCUT2D eigenvalue weighted by atomic mass is 14.5. The van der Waals surface area contributed by atoms with Gasteiger partial charge >= 0.3 is 0 Å². The van der Waals surface area contributed by atoms with Crippen molar-refractivity contribution in [2.75, 3.05) is 0 Å². The molecule has 0 saturated heterocycles. The van der Waals surface area contributed by atoms with E-state index < -0.39 is 0 Å². The van der Waals surface area contributed by atoms with Crippen LogP contribution in [0.2, 0.25) is 0 Å². The van der Waals surface area contributed by atoms with Crippen molar-refractivity contribution in [2.45, 2.75) is 13.3 Å². The summed E-state index contributed by atoms with van der Waals surface area (Å²) in [6.45, 7) is 2.31. The summed E-state index contributed by atoms with van der Waals surface area (Å²) in [6, 6.07) is 0. The Hall–Kier alpha value is -0.260. The lowest BCUT2D eigenvalue weighted by Gasteiger charge is -1.91. The van der Waals surface area contributed by atoms with Gasteiger partial charge in [-0.05, 0) is 18.3 Å². The van der Waals surface area contributed by atoms with Crippen LogP contribution in [0.4, 0.5) is 0 Å². The Morgan fingerprint density at radius 3 is 2.50 bits per heavy atom. The molecule has 0 bridgehead atoms. The molecular weight excluding hydrogens is 72.1 g/mol. The van der Waals surface area contributed by atoms with Crippen LogP contribution in [0.15, 0.2) is 11.6 Å². The third-order valence-corrected chi connectivity index (χ3v) is 2.06. The highest BCUT2D eigenvalue weighted by molar-refractivity contribution is 5.37. The summed E-state index contributed by atoms with van der Waals surface area (Å²) < 4.78 is 0. The summed E-state index contributed by atoms with van der Waals surface area (Å²) in [5.74, 6) is 2.05. The van der Waals surface area contributed by atoms with E-state index in [1.165, 1.54) is 6.42 Å². The van der Waals surface area contributed by atoms with Crippen molar-refractivity contribution in [2.24, 2.45) is 11.8 Å². The summed E-state index contributed by atoms with van der Waals surface area (Å²) in [4.78, 5) is 0. The molecule has 32 valence electrons. The first-order valence-electron chi connectivity index (χ1n) is 2.59. The summed E-state index contributed by atoms with van der Waals surface area (Å²) >= 11 is 0. The van der Waals surface area contributed by atoms with Gasteiger partial charge in [0.25, 0.3) is 0 Å². The molecule has 0 aliphatic heterocycles. The lowest BCUT2D eigenvalue weighted by atomic mass is 10.1. The van der Waals surface area contributed by atoms with Gasteiger partial charge in [0.1, 0.15) is 0 Å². The topological polar surface area (TPSA) is 0 Å². The summed E-state index contributed by atoms with van der Waals surface area (Å²) in [5.41, 5.74) is 1.73. The zero-order valence-electron chi connectivity index (χ0n) is 3.94. The number of rotatable bonds is 0. The molecule has 6 heavy (non-hydrogen) atoms. The minimum Gasteiger partial charge on any atom is -0.0841 e. The van der Waals surface area contributed by atoms with Gasteiger partial charge in [0, 0.05) is 0 Å². The van der Waals surface area contributed by atoms with Gasteiger partial charge in [-0.15, -0.1) is 0 Å². The van der Waals surface area contributed by atoms with E-state index in [-0.39, 0.29) is 0 Å². The molecule has 0 aromatic heterocycles. The first-order chi connectivity index (χ1) is 2.89. The molecule has 0 N–H and O–H groups in total. The van der Waals surface area contributed by atoms with Crippen molar-refractivity contribution in [1.82, 2.24) is 0 Å². The number of fused-ring (bicyclic) bond motifs is 1. The Kier molecular flexibility index (Phi) is 0.272. The normalized spacial score (nSPS) is 49.2. The molecule has 0 aromatic rings. The Morgan fingerprint density at radius 1 is 1.83 bits per heavy atom. The average Bonchev–Trinajstić information content (AvgIpc) is 1.63. The van der Waals surface area contributed by atoms with Crippen LogP contribution in [0.1, 0.15) is 13.3 Å². The van der Waals surface area contributed by atoms with Gasteiger partial charge < -0.3 is 0 Å². The largest absolute Gasteiger partial charge is 0.0841 e. The van der Waals surface area contributed by atoms with Crippen LogP contribution in [-0.2, 0) is 0 Å². The van der Waals surface area contributed by atoms with Crippen LogP contribution < -0.4 is 0 Å². The van der Waals surface area contributed by atoms with Crippen molar-refractivity contribution >= 4 is 0 Å². The lowest BCUT2D eigenvalue weighted by molar-refractivity contribution is 0.757. The fourth-order valence-electron chi connectivity index (χ4n) is 1.27. The van der Waals surface area contributed by atoms with Gasteiger partial charge in [0.15, 0.2) is 0 Å². The van der Waals surface area contributed by atoms with Gasteiger partial charge in [-0.1, -0.05) is 18.6 Å². The second-order valence-electron chi connectivity index (χ2n) is 2.33. The van der Waals surface area contributed by atoms with Crippen LogP contribution >= 0.6 is 0 Å². The first-order valence-corrected chi connectivity index (χ1v) is 2.59. The van der Waals surface area contributed by atoms with Crippen molar-refractivity contribution in [3.8, 4) is 0 Å². The molecule has 2 aliphatic carbocycles. The first kappa shape index (κ1) is 2.84. The standard InChI is InChI=1S/C6H8/c1-4-5-2-3-6(4)5/h2,4,6H,3H2,1H3. The van der Waals surface area contributed by atoms with Crippen molar-refractivity contribution in [3.05, 3.63) is 11.6 Å². The van der Waals surface area contributed by atoms with E-state index >= 15 is 0 Å². The lowest BCUT2D eigenvalue weighted by Crippen LogP contribution is -1.78. The van der Waals surface area contributed by atoms with Crippen molar-refractivity contribution in [3.63, 3.8) is 0 Å². The number of hydrogen-bond donors (Lipinski definition) is 0. The maximum absolute atomic E-state index is 2.36. The highest BCUT2D eigenvalue weighted by Crippen LogP contribution is 2.55. The van der Waals surface area contributed by atoms with E-state index in [9.17, 15) is 0 Å². The third-order valence-electron chi connectivity index (χ3n) is 2.06. The molecule has 0 nitrogen and oxygen atoms in total. The smallest absolute Gasteiger partial charge is 0.0103 e. The molecule has 2 unspecified atom stereocenters. The van der Waals surface area contributed by atoms with Crippen LogP contribution in [0.25, 0.3) is 0 Å². The molecule has 0 spiro atoms. The van der Waals surface area contributed by atoms with Crippen molar-refractivity contribution < 1.29 is 0 Å². The molecule has 0 heteroatoms. The minimum absolute atomic E-state index is 0.991. The van der Waals surface area contributed by atoms with E-state index in [0.717, 1.165) is 11.8 Å². The fraction of sp³-hybridized carbons (Fsp3) is 0.667. The van der Waals surface area contributed by atoms with E-state index in [2.05, 4.69) is 13.0 Å². The number of allylic oxidation sites excluding steroid dienone is 2. The average molecular weight is 80.1 g/mol. The quantitative estimate of drug-likeness (QED) is 0.387. The molecule has 2 aliphatic rings. The molecule has 2 atom stereocenters. The maximum Gasteiger partial charge on any atom is -0.0103 e. The van der Waals surface area contributed by atoms with Crippen LogP contribution in [0, 0.1) is 11.8 Å². The molecule has 1 fully saturated rings. The van der Waals surface area contributed by atoms with E-state index in [4.69, 9.17) is 0 Å². The monoisotopic (exact) mass is 80.1 g/mol. The van der Waals surface area contributed by atoms with Gasteiger partial charge in [0.2, 0.25) is 0 Å². The predicted molar refractivity (Wildman–Crippen MR) is 25.4 cm³/mol. The summed E-state index contributed by atoms with van der Waals surface area (Å²) in [7, 11) is 0. The SMILES string of the molecule is CC1C2=CCC21. The Morgan fingerprint density at radius 2 is 2.50 bits per heavy atom. The molecule has 0 radical (unpaired) electrons. The zero-order valence-corrected chi connectivity index (χ0v) is 3.94. The van der Waals surface area contributed by atoms with Gasteiger partial charge in [-0.3, -0.25) is 0 Å². The van der Waals surface area contributed by atoms with E-state index in [1.807, 2.05) is 0 Å². The minimum atomic E-state index is 0.991. The molecule has 0 aromatic carbocycles. The Bertz CT molecular complexity index is 105. The second-order valence-corrected chi connectivity index (χ2v) is 2.33. The van der Waals surface area contributed by atoms with Gasteiger partial charge in [0.05, 0.1) is 0 Å². The van der Waals surface area contributed by atoms with Gasteiger partial charge in [-0.2, -0.15) is 0 Å². The summed E-state index contributed by atoms with van der Waals surface area (Å²) in [5, 5.41) is 0.